The number of ether oxygens (including phenoxy) is 1. The topological polar surface area (TPSA) is 69.0 Å². The van der Waals surface area contributed by atoms with E-state index in [1.807, 2.05) is 79.9 Å². The lowest BCUT2D eigenvalue weighted by Crippen LogP contribution is -2.15. The Kier molecular flexibility index (Phi) is 7.78. The van der Waals surface area contributed by atoms with Gasteiger partial charge in [-0.2, -0.15) is 0 Å². The quantitative estimate of drug-likeness (QED) is 0.200. The Balaban J connectivity index is 1.46. The molecule has 0 aliphatic heterocycles. The SMILES string of the molecule is C=CCn1c(SCC(=O)Nc2cccc3ccccc23)nnc1C(C)Oc1cc(C)c(Cl)c(C)c1. The smallest absolute Gasteiger partial charge is 0.234 e. The molecule has 4 rings (SSSR count). The summed E-state index contributed by atoms with van der Waals surface area (Å²) < 4.78 is 8.08. The Morgan fingerprint density at radius 1 is 1.17 bits per heavy atom. The van der Waals surface area contributed by atoms with Gasteiger partial charge in [0, 0.05) is 22.6 Å². The van der Waals surface area contributed by atoms with Crippen LogP contribution in [0.3, 0.4) is 0 Å². The number of carbonyl (C=O) groups excluding carboxylic acids is 1. The maximum atomic E-state index is 12.7. The average Bonchev–Trinajstić information content (AvgIpc) is 3.24. The lowest BCUT2D eigenvalue weighted by atomic mass is 10.1. The minimum Gasteiger partial charge on any atom is -0.483 e. The van der Waals surface area contributed by atoms with Crippen LogP contribution < -0.4 is 10.1 Å². The molecule has 4 aromatic rings. The molecular formula is C27H27ClN4O2S. The first kappa shape index (κ1) is 24.8. The Hall–Kier alpha value is -3.29. The van der Waals surface area contributed by atoms with Crippen molar-refractivity contribution in [2.45, 2.75) is 38.6 Å². The van der Waals surface area contributed by atoms with Crippen molar-refractivity contribution in [3.05, 3.63) is 89.2 Å². The summed E-state index contributed by atoms with van der Waals surface area (Å²) >= 11 is 7.61. The lowest BCUT2D eigenvalue weighted by Gasteiger charge is -2.17. The number of anilines is 1. The minimum atomic E-state index is -0.360. The molecule has 0 spiro atoms. The molecule has 0 bridgehead atoms. The van der Waals surface area contributed by atoms with E-state index in [1.165, 1.54) is 11.8 Å². The molecule has 0 aliphatic rings. The van der Waals surface area contributed by atoms with Crippen LogP contribution in [0, 0.1) is 13.8 Å². The molecule has 1 unspecified atom stereocenters. The number of amides is 1. The molecule has 6 nitrogen and oxygen atoms in total. The predicted octanol–water partition coefficient (Wildman–Crippen LogP) is 6.76. The third-order valence-electron chi connectivity index (χ3n) is 5.54. The van der Waals surface area contributed by atoms with Gasteiger partial charge in [0.05, 0.1) is 5.75 Å². The number of hydrogen-bond acceptors (Lipinski definition) is 5. The summed E-state index contributed by atoms with van der Waals surface area (Å²) in [6.45, 7) is 10.2. The number of nitrogens with one attached hydrogen (secondary N) is 1. The Morgan fingerprint density at radius 2 is 1.89 bits per heavy atom. The third kappa shape index (κ3) is 5.69. The maximum absolute atomic E-state index is 12.7. The number of thioether (sulfide) groups is 1. The minimum absolute atomic E-state index is 0.113. The van der Waals surface area contributed by atoms with Crippen LogP contribution >= 0.6 is 23.4 Å². The highest BCUT2D eigenvalue weighted by Crippen LogP contribution is 2.30. The van der Waals surface area contributed by atoms with Crippen LogP contribution in [0.4, 0.5) is 5.69 Å². The first-order chi connectivity index (χ1) is 16.9. The normalized spacial score (nSPS) is 11.9. The second-order valence-corrected chi connectivity index (χ2v) is 9.56. The molecule has 0 fully saturated rings. The maximum Gasteiger partial charge on any atom is 0.234 e. The summed E-state index contributed by atoms with van der Waals surface area (Å²) in [6.07, 6.45) is 1.41. The Bertz CT molecular complexity index is 1360. The van der Waals surface area contributed by atoms with Crippen LogP contribution in [0.25, 0.3) is 10.8 Å². The molecule has 1 amide bonds. The summed E-state index contributed by atoms with van der Waals surface area (Å²) in [5, 5.41) is 15.1. The number of aromatic nitrogens is 3. The van der Waals surface area contributed by atoms with Crippen molar-refractivity contribution in [3.63, 3.8) is 0 Å². The van der Waals surface area contributed by atoms with E-state index in [4.69, 9.17) is 16.3 Å². The number of carbonyl (C=O) groups is 1. The fraction of sp³-hybridized carbons (Fsp3) is 0.222. The van der Waals surface area contributed by atoms with Crippen molar-refractivity contribution >= 4 is 45.7 Å². The van der Waals surface area contributed by atoms with E-state index in [0.29, 0.717) is 23.3 Å². The van der Waals surface area contributed by atoms with Crippen LogP contribution in [0.5, 0.6) is 5.75 Å². The number of fused-ring (bicyclic) bond motifs is 1. The first-order valence-corrected chi connectivity index (χ1v) is 12.6. The predicted molar refractivity (Wildman–Crippen MR) is 143 cm³/mol. The van der Waals surface area contributed by atoms with E-state index < -0.39 is 0 Å². The van der Waals surface area contributed by atoms with Crippen LogP contribution in [0.1, 0.15) is 30.0 Å². The van der Waals surface area contributed by atoms with Gasteiger partial charge in [-0.1, -0.05) is 65.8 Å². The molecule has 180 valence electrons. The van der Waals surface area contributed by atoms with Gasteiger partial charge < -0.3 is 10.1 Å². The van der Waals surface area contributed by atoms with Gasteiger partial charge in [0.2, 0.25) is 5.91 Å². The summed E-state index contributed by atoms with van der Waals surface area (Å²) in [5.41, 5.74) is 2.70. The number of aryl methyl sites for hydroxylation is 2. The van der Waals surface area contributed by atoms with Crippen LogP contribution in [0.15, 0.2) is 72.4 Å². The van der Waals surface area contributed by atoms with Gasteiger partial charge in [0.15, 0.2) is 17.1 Å². The molecule has 1 N–H and O–H groups in total. The molecule has 8 heteroatoms. The number of halogens is 1. The van der Waals surface area contributed by atoms with E-state index in [-0.39, 0.29) is 17.8 Å². The zero-order valence-corrected chi connectivity index (χ0v) is 21.5. The molecule has 0 saturated carbocycles. The third-order valence-corrected chi connectivity index (χ3v) is 7.10. The Labute approximate surface area is 214 Å². The molecule has 35 heavy (non-hydrogen) atoms. The van der Waals surface area contributed by atoms with Crippen molar-refractivity contribution in [1.29, 1.82) is 0 Å². The number of allylic oxidation sites excluding steroid dienone is 1. The summed E-state index contributed by atoms with van der Waals surface area (Å²) in [7, 11) is 0. The van der Waals surface area contributed by atoms with Crippen LogP contribution in [-0.2, 0) is 11.3 Å². The molecule has 1 heterocycles. The molecule has 0 aliphatic carbocycles. The van der Waals surface area contributed by atoms with Gasteiger partial charge >= 0.3 is 0 Å². The number of rotatable bonds is 9. The zero-order valence-electron chi connectivity index (χ0n) is 19.9. The molecule has 1 aromatic heterocycles. The lowest BCUT2D eigenvalue weighted by molar-refractivity contribution is -0.113. The van der Waals surface area contributed by atoms with Gasteiger partial charge in [-0.25, -0.2) is 0 Å². The van der Waals surface area contributed by atoms with Gasteiger partial charge in [0.25, 0.3) is 0 Å². The van der Waals surface area contributed by atoms with Crippen molar-refractivity contribution in [2.75, 3.05) is 11.1 Å². The molecule has 1 atom stereocenters. The number of nitrogens with zero attached hydrogens (tertiary/aromatic N) is 3. The van der Waals surface area contributed by atoms with E-state index in [9.17, 15) is 4.79 Å². The standard InChI is InChI=1S/C27H27ClN4O2S/c1-5-13-32-26(19(4)34-21-14-17(2)25(28)18(3)15-21)30-31-27(32)35-16-24(33)29-23-12-8-10-20-9-6-7-11-22(20)23/h5-12,14-15,19H,1,13,16H2,2-4H3,(H,29,33). The molecular weight excluding hydrogens is 480 g/mol. The largest absolute Gasteiger partial charge is 0.483 e. The highest BCUT2D eigenvalue weighted by atomic mass is 35.5. The zero-order chi connectivity index (χ0) is 24.9. The van der Waals surface area contributed by atoms with Crippen molar-refractivity contribution in [2.24, 2.45) is 0 Å². The summed E-state index contributed by atoms with van der Waals surface area (Å²) in [5.74, 6) is 1.46. The average molecular weight is 507 g/mol. The Morgan fingerprint density at radius 3 is 2.63 bits per heavy atom. The van der Waals surface area contributed by atoms with Gasteiger partial charge in [0.1, 0.15) is 5.75 Å². The summed E-state index contributed by atoms with van der Waals surface area (Å²) in [4.78, 5) is 12.7. The van der Waals surface area contributed by atoms with Gasteiger partial charge in [-0.3, -0.25) is 9.36 Å². The van der Waals surface area contributed by atoms with E-state index in [2.05, 4.69) is 22.1 Å². The molecule has 0 radical (unpaired) electrons. The van der Waals surface area contributed by atoms with Crippen molar-refractivity contribution < 1.29 is 9.53 Å². The fourth-order valence-corrected chi connectivity index (χ4v) is 4.75. The van der Waals surface area contributed by atoms with Crippen LogP contribution in [0.2, 0.25) is 5.02 Å². The summed E-state index contributed by atoms with van der Waals surface area (Å²) in [6, 6.07) is 17.6. The highest BCUT2D eigenvalue weighted by Gasteiger charge is 2.20. The highest BCUT2D eigenvalue weighted by molar-refractivity contribution is 7.99. The van der Waals surface area contributed by atoms with E-state index in [0.717, 1.165) is 32.6 Å². The van der Waals surface area contributed by atoms with Gasteiger partial charge in [-0.15, -0.1) is 16.8 Å². The molecule has 3 aromatic carbocycles. The van der Waals surface area contributed by atoms with Crippen molar-refractivity contribution in [1.82, 2.24) is 14.8 Å². The molecule has 0 saturated heterocycles. The van der Waals surface area contributed by atoms with E-state index >= 15 is 0 Å². The van der Waals surface area contributed by atoms with E-state index in [1.54, 1.807) is 6.08 Å². The second kappa shape index (κ2) is 11.0. The first-order valence-electron chi connectivity index (χ1n) is 11.2. The number of hydrogen-bond donors (Lipinski definition) is 1. The van der Waals surface area contributed by atoms with Crippen molar-refractivity contribution in [3.8, 4) is 5.75 Å². The van der Waals surface area contributed by atoms with Gasteiger partial charge in [-0.05, 0) is 55.5 Å². The second-order valence-electron chi connectivity index (χ2n) is 8.23. The van der Waals surface area contributed by atoms with Crippen LogP contribution in [-0.4, -0.2) is 26.4 Å². The monoisotopic (exact) mass is 506 g/mol. The number of benzene rings is 3. The fourth-order valence-electron chi connectivity index (χ4n) is 3.89.